The van der Waals surface area contributed by atoms with Crippen LogP contribution in [0.4, 0.5) is 0 Å². The van der Waals surface area contributed by atoms with Crippen LogP contribution in [0, 0.1) is 0 Å². The number of hydrogen-bond acceptors (Lipinski definition) is 3. The maximum absolute atomic E-state index is 13.2. The average molecular weight is 414 g/mol. The molecule has 0 N–H and O–H groups in total. The summed E-state index contributed by atoms with van der Waals surface area (Å²) in [6.07, 6.45) is 4.70. The summed E-state index contributed by atoms with van der Waals surface area (Å²) in [7, 11) is 1.98. The minimum atomic E-state index is -0.170. The van der Waals surface area contributed by atoms with Crippen LogP contribution in [0.15, 0.2) is 48.7 Å². The van der Waals surface area contributed by atoms with Gasteiger partial charge in [0.1, 0.15) is 12.3 Å². The molecule has 0 fully saturated rings. The summed E-state index contributed by atoms with van der Waals surface area (Å²) in [6, 6.07) is 13.2. The van der Waals surface area contributed by atoms with Gasteiger partial charge >= 0.3 is 0 Å². The van der Waals surface area contributed by atoms with Crippen molar-refractivity contribution in [3.8, 4) is 5.75 Å². The number of carbonyl (C=O) groups is 2. The zero-order valence-corrected chi connectivity index (χ0v) is 18.7. The van der Waals surface area contributed by atoms with Crippen molar-refractivity contribution in [3.63, 3.8) is 0 Å². The van der Waals surface area contributed by atoms with E-state index in [0.717, 1.165) is 25.0 Å². The Morgan fingerprint density at radius 3 is 2.40 bits per heavy atom. The standard InChI is InChI=1S/C24H35N3O3/c1-5-7-16-26(17-21-12-11-15-25(21)4)23(28)18-27(20(3)6-2)24(29)19-30-22-13-9-8-10-14-22/h8-15,20H,5-7,16-19H2,1-4H3. The number of benzene rings is 1. The van der Waals surface area contributed by atoms with Crippen molar-refractivity contribution in [2.24, 2.45) is 7.05 Å². The summed E-state index contributed by atoms with van der Waals surface area (Å²) >= 11 is 0. The number of aryl methyl sites for hydroxylation is 1. The second-order valence-corrected chi connectivity index (χ2v) is 7.66. The average Bonchev–Trinajstić information content (AvgIpc) is 3.17. The van der Waals surface area contributed by atoms with Crippen LogP contribution in [-0.4, -0.2) is 51.9 Å². The third-order valence-corrected chi connectivity index (χ3v) is 5.39. The van der Waals surface area contributed by atoms with E-state index in [2.05, 4.69) is 6.92 Å². The van der Waals surface area contributed by atoms with Gasteiger partial charge in [-0.3, -0.25) is 9.59 Å². The number of carbonyl (C=O) groups excluding carboxylic acids is 2. The number of hydrogen-bond donors (Lipinski definition) is 0. The van der Waals surface area contributed by atoms with Gasteiger partial charge in [-0.25, -0.2) is 0 Å². The lowest BCUT2D eigenvalue weighted by molar-refractivity contribution is -0.144. The summed E-state index contributed by atoms with van der Waals surface area (Å²) in [5.74, 6) is 0.448. The molecule has 2 amide bonds. The van der Waals surface area contributed by atoms with Gasteiger partial charge in [0.25, 0.3) is 5.91 Å². The fourth-order valence-corrected chi connectivity index (χ4v) is 3.20. The monoisotopic (exact) mass is 413 g/mol. The molecule has 0 radical (unpaired) electrons. The molecule has 1 aromatic carbocycles. The zero-order valence-electron chi connectivity index (χ0n) is 18.7. The Kier molecular flexibility index (Phi) is 9.45. The van der Waals surface area contributed by atoms with E-state index in [1.807, 2.05) is 79.0 Å². The van der Waals surface area contributed by atoms with Crippen molar-refractivity contribution in [1.29, 1.82) is 0 Å². The maximum Gasteiger partial charge on any atom is 0.261 e. The van der Waals surface area contributed by atoms with Gasteiger partial charge in [-0.2, -0.15) is 0 Å². The van der Waals surface area contributed by atoms with Gasteiger partial charge < -0.3 is 19.1 Å². The van der Waals surface area contributed by atoms with Gasteiger partial charge in [-0.1, -0.05) is 38.5 Å². The lowest BCUT2D eigenvalue weighted by Gasteiger charge is -2.31. The lowest BCUT2D eigenvalue weighted by Crippen LogP contribution is -2.48. The molecule has 0 bridgehead atoms. The Hall–Kier alpha value is -2.76. The van der Waals surface area contributed by atoms with Crippen molar-refractivity contribution < 1.29 is 14.3 Å². The summed E-state index contributed by atoms with van der Waals surface area (Å²) < 4.78 is 7.66. The summed E-state index contributed by atoms with van der Waals surface area (Å²) in [5.41, 5.74) is 1.08. The van der Waals surface area contributed by atoms with Crippen LogP contribution >= 0.6 is 0 Å². The molecule has 0 saturated carbocycles. The number of aromatic nitrogens is 1. The molecular formula is C24H35N3O3. The molecule has 0 saturated heterocycles. The number of nitrogens with zero attached hydrogens (tertiary/aromatic N) is 3. The molecule has 0 aliphatic carbocycles. The molecule has 1 atom stereocenters. The Labute approximate surface area is 180 Å². The molecule has 30 heavy (non-hydrogen) atoms. The highest BCUT2D eigenvalue weighted by molar-refractivity contribution is 5.85. The van der Waals surface area contributed by atoms with Crippen LogP contribution in [0.25, 0.3) is 0 Å². The van der Waals surface area contributed by atoms with E-state index < -0.39 is 0 Å². The lowest BCUT2D eigenvalue weighted by atomic mass is 10.2. The molecule has 1 heterocycles. The SMILES string of the molecule is CCCCN(Cc1cccn1C)C(=O)CN(C(=O)COc1ccccc1)C(C)CC. The number of para-hydroxylation sites is 1. The third kappa shape index (κ3) is 6.94. The summed E-state index contributed by atoms with van der Waals surface area (Å²) in [5, 5.41) is 0. The van der Waals surface area contributed by atoms with Crippen molar-refractivity contribution in [3.05, 3.63) is 54.4 Å². The second kappa shape index (κ2) is 12.1. The molecule has 164 valence electrons. The van der Waals surface area contributed by atoms with E-state index in [1.54, 1.807) is 4.90 Å². The normalized spacial score (nSPS) is 11.7. The Morgan fingerprint density at radius 2 is 1.80 bits per heavy atom. The van der Waals surface area contributed by atoms with Crippen LogP contribution in [-0.2, 0) is 23.2 Å². The van der Waals surface area contributed by atoms with E-state index in [-0.39, 0.29) is 31.0 Å². The van der Waals surface area contributed by atoms with Crippen molar-refractivity contribution in [2.45, 2.75) is 52.6 Å². The van der Waals surface area contributed by atoms with Gasteiger partial charge in [0, 0.05) is 31.5 Å². The predicted molar refractivity (Wildman–Crippen MR) is 119 cm³/mol. The van der Waals surface area contributed by atoms with E-state index in [9.17, 15) is 9.59 Å². The first-order valence-electron chi connectivity index (χ1n) is 10.8. The van der Waals surface area contributed by atoms with Crippen molar-refractivity contribution in [2.75, 3.05) is 19.7 Å². The molecule has 6 nitrogen and oxygen atoms in total. The molecule has 0 aliphatic heterocycles. The smallest absolute Gasteiger partial charge is 0.261 e. The summed E-state index contributed by atoms with van der Waals surface area (Å²) in [4.78, 5) is 29.6. The molecule has 1 aromatic heterocycles. The number of rotatable bonds is 12. The minimum Gasteiger partial charge on any atom is -0.484 e. The van der Waals surface area contributed by atoms with Gasteiger partial charge in [0.15, 0.2) is 6.61 Å². The first kappa shape index (κ1) is 23.5. The minimum absolute atomic E-state index is 0.0296. The summed E-state index contributed by atoms with van der Waals surface area (Å²) in [6.45, 7) is 7.33. The number of ether oxygens (including phenoxy) is 1. The third-order valence-electron chi connectivity index (χ3n) is 5.39. The van der Waals surface area contributed by atoms with Crippen LogP contribution in [0.5, 0.6) is 5.75 Å². The number of unbranched alkanes of at least 4 members (excludes halogenated alkanes) is 1. The maximum atomic E-state index is 13.2. The molecule has 6 heteroatoms. The Morgan fingerprint density at radius 1 is 1.07 bits per heavy atom. The van der Waals surface area contributed by atoms with Gasteiger partial charge in [0.05, 0.1) is 6.54 Å². The van der Waals surface area contributed by atoms with Gasteiger partial charge in [-0.05, 0) is 44.0 Å². The fraction of sp³-hybridized carbons (Fsp3) is 0.500. The zero-order chi connectivity index (χ0) is 21.9. The highest BCUT2D eigenvalue weighted by atomic mass is 16.5. The van der Waals surface area contributed by atoms with E-state index in [0.29, 0.717) is 18.8 Å². The predicted octanol–water partition coefficient (Wildman–Crippen LogP) is 3.86. The molecule has 1 unspecified atom stereocenters. The van der Waals surface area contributed by atoms with Gasteiger partial charge in [-0.15, -0.1) is 0 Å². The second-order valence-electron chi connectivity index (χ2n) is 7.66. The highest BCUT2D eigenvalue weighted by Gasteiger charge is 2.25. The molecule has 0 spiro atoms. The topological polar surface area (TPSA) is 54.8 Å². The Balaban J connectivity index is 2.06. The largest absolute Gasteiger partial charge is 0.484 e. The van der Waals surface area contributed by atoms with E-state index in [4.69, 9.17) is 4.74 Å². The van der Waals surface area contributed by atoms with Crippen molar-refractivity contribution >= 4 is 11.8 Å². The quantitative estimate of drug-likeness (QED) is 0.531. The first-order valence-corrected chi connectivity index (χ1v) is 10.8. The van der Waals surface area contributed by atoms with Crippen LogP contribution < -0.4 is 4.74 Å². The van der Waals surface area contributed by atoms with Crippen LogP contribution in [0.3, 0.4) is 0 Å². The molecule has 2 aromatic rings. The van der Waals surface area contributed by atoms with Gasteiger partial charge in [0.2, 0.25) is 5.91 Å². The molecular weight excluding hydrogens is 378 g/mol. The highest BCUT2D eigenvalue weighted by Crippen LogP contribution is 2.12. The fourth-order valence-electron chi connectivity index (χ4n) is 3.20. The molecule has 0 aliphatic rings. The van der Waals surface area contributed by atoms with Crippen molar-refractivity contribution in [1.82, 2.24) is 14.4 Å². The Bertz CT molecular complexity index is 788. The van der Waals surface area contributed by atoms with E-state index in [1.165, 1.54) is 0 Å². The van der Waals surface area contributed by atoms with E-state index >= 15 is 0 Å². The molecule has 2 rings (SSSR count). The van der Waals surface area contributed by atoms with Crippen LogP contribution in [0.2, 0.25) is 0 Å². The van der Waals surface area contributed by atoms with Crippen LogP contribution in [0.1, 0.15) is 45.7 Å². The number of amides is 2. The first-order chi connectivity index (χ1) is 14.5.